The van der Waals surface area contributed by atoms with E-state index in [0.29, 0.717) is 17.0 Å². The van der Waals surface area contributed by atoms with Crippen LogP contribution in [-0.2, 0) is 30.3 Å². The summed E-state index contributed by atoms with van der Waals surface area (Å²) < 4.78 is 21.3. The normalized spacial score (nSPS) is 12.5. The number of rotatable bonds is 6. The third-order valence-electron chi connectivity index (χ3n) is 4.61. The maximum Gasteiger partial charge on any atom is 0.421 e. The molecule has 1 rings (SSSR count). The molecule has 0 spiro atoms. The third-order valence-corrected chi connectivity index (χ3v) is 4.61. The highest BCUT2D eigenvalue weighted by molar-refractivity contribution is 6.15. The average Bonchev–Trinajstić information content (AvgIpc) is 2.75. The molecule has 224 valence electrons. The summed E-state index contributed by atoms with van der Waals surface area (Å²) in [6.45, 7) is 17.9. The molecule has 0 heterocycles. The van der Waals surface area contributed by atoms with E-state index in [4.69, 9.17) is 18.9 Å². The van der Waals surface area contributed by atoms with E-state index in [9.17, 15) is 24.0 Å². The first kappa shape index (κ1) is 34.2. The van der Waals surface area contributed by atoms with Crippen molar-refractivity contribution in [2.45, 2.75) is 106 Å². The molecule has 12 heteroatoms. The van der Waals surface area contributed by atoms with Crippen LogP contribution in [-0.4, -0.2) is 64.6 Å². The number of hydrogen-bond acceptors (Lipinski definition) is 9. The van der Waals surface area contributed by atoms with Crippen molar-refractivity contribution in [2.75, 3.05) is 11.4 Å². The first-order chi connectivity index (χ1) is 18.1. The van der Waals surface area contributed by atoms with Gasteiger partial charge in [0.2, 0.25) is 0 Å². The molecule has 0 unspecified atom stereocenters. The largest absolute Gasteiger partial charge is 0.445 e. The second kappa shape index (κ2) is 13.5. The Kier molecular flexibility index (Phi) is 11.5. The molecule has 12 nitrogen and oxygen atoms in total. The van der Waals surface area contributed by atoms with Gasteiger partial charge in [-0.05, 0) is 93.9 Å². The molecule has 1 aromatic carbocycles. The molecule has 0 fully saturated rings. The lowest BCUT2D eigenvalue weighted by Gasteiger charge is -2.33. The fraction of sp³-hybridized carbons (Fsp3) is 0.607. The van der Waals surface area contributed by atoms with Crippen molar-refractivity contribution in [3.63, 3.8) is 0 Å². The van der Waals surface area contributed by atoms with Crippen LogP contribution in [0.1, 0.15) is 81.7 Å². The zero-order chi connectivity index (χ0) is 31.1. The number of alkyl carbamates (subject to hydrolysis) is 1. The Labute approximate surface area is 236 Å². The van der Waals surface area contributed by atoms with Crippen molar-refractivity contribution >= 4 is 36.0 Å². The van der Waals surface area contributed by atoms with Crippen LogP contribution in [0.4, 0.5) is 24.9 Å². The number of carbonyl (C=O) groups is 5. The minimum atomic E-state index is -1.53. The first-order valence-corrected chi connectivity index (χ1v) is 13.0. The van der Waals surface area contributed by atoms with Gasteiger partial charge in [-0.2, -0.15) is 4.90 Å². The van der Waals surface area contributed by atoms with Crippen molar-refractivity contribution in [2.24, 2.45) is 0 Å². The molecule has 0 aliphatic carbocycles. The van der Waals surface area contributed by atoms with Crippen LogP contribution in [0, 0.1) is 0 Å². The molecule has 5 amide bonds. The lowest BCUT2D eigenvalue weighted by atomic mass is 10.1. The van der Waals surface area contributed by atoms with Gasteiger partial charge in [-0.1, -0.05) is 12.1 Å². The SMILES string of the molecule is CCNC(=O)OCc1ccc(N(C(=O)OC(C)(C)C)C(=O)[C@H](C)N(C(=O)OC(C)(C)C)C(=O)OC(C)(C)C)cc1. The fourth-order valence-corrected chi connectivity index (χ4v) is 3.03. The molecule has 0 aliphatic rings. The number of ether oxygens (including phenoxy) is 4. The highest BCUT2D eigenvalue weighted by Gasteiger charge is 2.42. The number of carbonyl (C=O) groups excluding carboxylic acids is 5. The maximum atomic E-state index is 13.8. The highest BCUT2D eigenvalue weighted by Crippen LogP contribution is 2.24. The van der Waals surface area contributed by atoms with Gasteiger partial charge in [-0.3, -0.25) is 4.79 Å². The summed E-state index contributed by atoms with van der Waals surface area (Å²) in [6.07, 6.45) is -3.85. The van der Waals surface area contributed by atoms with Gasteiger partial charge in [0.05, 0.1) is 5.69 Å². The second-order valence-corrected chi connectivity index (χ2v) is 11.9. The van der Waals surface area contributed by atoms with Crippen LogP contribution >= 0.6 is 0 Å². The molecular formula is C28H43N3O9. The zero-order valence-corrected chi connectivity index (χ0v) is 25.4. The maximum absolute atomic E-state index is 13.8. The van der Waals surface area contributed by atoms with Crippen molar-refractivity contribution in [3.8, 4) is 0 Å². The summed E-state index contributed by atoms with van der Waals surface area (Å²) in [7, 11) is 0. The Hall–Kier alpha value is -3.83. The second-order valence-electron chi connectivity index (χ2n) is 11.9. The molecular weight excluding hydrogens is 522 g/mol. The van der Waals surface area contributed by atoms with E-state index in [1.807, 2.05) is 0 Å². The van der Waals surface area contributed by atoms with E-state index in [1.54, 1.807) is 81.4 Å². The van der Waals surface area contributed by atoms with Crippen LogP contribution in [0.2, 0.25) is 0 Å². The summed E-state index contributed by atoms with van der Waals surface area (Å²) in [5, 5.41) is 2.51. The van der Waals surface area contributed by atoms with E-state index in [-0.39, 0.29) is 12.3 Å². The summed E-state index contributed by atoms with van der Waals surface area (Å²) in [4.78, 5) is 66.1. The van der Waals surface area contributed by atoms with Crippen LogP contribution in [0.3, 0.4) is 0 Å². The van der Waals surface area contributed by atoms with Gasteiger partial charge in [-0.15, -0.1) is 0 Å². The lowest BCUT2D eigenvalue weighted by molar-refractivity contribution is -0.123. The molecule has 0 aromatic heterocycles. The topological polar surface area (TPSA) is 141 Å². The number of amides is 5. The molecule has 1 atom stereocenters. The quantitative estimate of drug-likeness (QED) is 0.426. The van der Waals surface area contributed by atoms with Crippen LogP contribution in [0.15, 0.2) is 24.3 Å². The van der Waals surface area contributed by atoms with E-state index in [1.165, 1.54) is 19.1 Å². The zero-order valence-electron chi connectivity index (χ0n) is 25.4. The van der Waals surface area contributed by atoms with Crippen LogP contribution in [0.5, 0.6) is 0 Å². The monoisotopic (exact) mass is 565 g/mol. The number of anilines is 1. The van der Waals surface area contributed by atoms with Gasteiger partial charge in [0, 0.05) is 6.54 Å². The number of nitrogens with one attached hydrogen (secondary N) is 1. The Morgan fingerprint density at radius 2 is 1.18 bits per heavy atom. The molecule has 0 radical (unpaired) electrons. The predicted molar refractivity (Wildman–Crippen MR) is 148 cm³/mol. The molecule has 0 aliphatic heterocycles. The summed E-state index contributed by atoms with van der Waals surface area (Å²) in [5.41, 5.74) is -2.26. The Morgan fingerprint density at radius 3 is 1.57 bits per heavy atom. The Bertz CT molecular complexity index is 1040. The van der Waals surface area contributed by atoms with Gasteiger partial charge in [0.15, 0.2) is 0 Å². The molecule has 40 heavy (non-hydrogen) atoms. The average molecular weight is 566 g/mol. The van der Waals surface area contributed by atoms with Crippen molar-refractivity contribution in [1.29, 1.82) is 0 Å². The van der Waals surface area contributed by atoms with E-state index in [2.05, 4.69) is 5.32 Å². The number of imide groups is 2. The standard InChI is InChI=1S/C28H43N3O9/c1-12-29-22(33)37-17-19-13-15-20(16-14-19)31(25(36)40-28(9,10)11)21(32)18(2)30(23(34)38-26(3,4)5)24(35)39-27(6,7)8/h13-16,18H,12,17H2,1-11H3,(H,29,33)/t18-/m0/s1. The lowest BCUT2D eigenvalue weighted by Crippen LogP contribution is -2.56. The smallest absolute Gasteiger partial charge is 0.421 e. The number of nitrogens with zero attached hydrogens (tertiary/aromatic N) is 2. The minimum Gasteiger partial charge on any atom is -0.445 e. The Morgan fingerprint density at radius 1 is 0.750 bits per heavy atom. The summed E-state index contributed by atoms with van der Waals surface area (Å²) in [6, 6.07) is 4.50. The summed E-state index contributed by atoms with van der Waals surface area (Å²) in [5.74, 6) is -0.947. The van der Waals surface area contributed by atoms with E-state index in [0.717, 1.165) is 4.90 Å². The van der Waals surface area contributed by atoms with Crippen molar-refractivity contribution < 1.29 is 42.9 Å². The van der Waals surface area contributed by atoms with Crippen LogP contribution < -0.4 is 10.2 Å². The molecule has 1 aromatic rings. The number of hydrogen-bond donors (Lipinski definition) is 1. The van der Waals surface area contributed by atoms with Gasteiger partial charge in [0.1, 0.15) is 29.5 Å². The van der Waals surface area contributed by atoms with Gasteiger partial charge in [0.25, 0.3) is 5.91 Å². The predicted octanol–water partition coefficient (Wildman–Crippen LogP) is 5.76. The van der Waals surface area contributed by atoms with Gasteiger partial charge >= 0.3 is 24.4 Å². The van der Waals surface area contributed by atoms with E-state index >= 15 is 0 Å². The Balaban J connectivity index is 3.46. The van der Waals surface area contributed by atoms with Gasteiger partial charge < -0.3 is 24.3 Å². The molecule has 0 bridgehead atoms. The number of benzene rings is 1. The van der Waals surface area contributed by atoms with E-state index < -0.39 is 53.1 Å². The molecule has 0 saturated carbocycles. The van der Waals surface area contributed by atoms with Gasteiger partial charge in [-0.25, -0.2) is 24.1 Å². The fourth-order valence-electron chi connectivity index (χ4n) is 3.03. The first-order valence-electron chi connectivity index (χ1n) is 13.0. The molecule has 0 saturated heterocycles. The van der Waals surface area contributed by atoms with Crippen molar-refractivity contribution in [3.05, 3.63) is 29.8 Å². The molecule has 1 N–H and O–H groups in total. The van der Waals surface area contributed by atoms with Crippen LogP contribution in [0.25, 0.3) is 0 Å². The summed E-state index contributed by atoms with van der Waals surface area (Å²) >= 11 is 0. The highest BCUT2D eigenvalue weighted by atomic mass is 16.6. The third kappa shape index (κ3) is 11.5. The minimum absolute atomic E-state index is 0.0477. The van der Waals surface area contributed by atoms with Crippen molar-refractivity contribution in [1.82, 2.24) is 10.2 Å².